The van der Waals surface area contributed by atoms with Gasteiger partial charge in [0.1, 0.15) is 4.60 Å². The van der Waals surface area contributed by atoms with E-state index in [1.165, 1.54) is 0 Å². The third-order valence-corrected chi connectivity index (χ3v) is 3.23. The van der Waals surface area contributed by atoms with E-state index in [2.05, 4.69) is 56.9 Å². The second-order valence-corrected chi connectivity index (χ2v) is 4.40. The van der Waals surface area contributed by atoms with E-state index in [0.717, 1.165) is 30.1 Å². The van der Waals surface area contributed by atoms with Crippen molar-refractivity contribution in [2.45, 2.75) is 26.8 Å². The van der Waals surface area contributed by atoms with E-state index in [-0.39, 0.29) is 12.4 Å². The van der Waals surface area contributed by atoms with Crippen molar-refractivity contribution in [3.05, 3.63) is 17.0 Å². The number of likely N-dealkylation sites (N-methyl/N-ethyl adjacent to an activating group) is 1. The largest absolute Gasteiger partial charge is 0.366 e. The lowest BCUT2D eigenvalue weighted by Gasteiger charge is -2.26. The van der Waals surface area contributed by atoms with Gasteiger partial charge >= 0.3 is 0 Å². The van der Waals surface area contributed by atoms with Gasteiger partial charge in [0.15, 0.2) is 5.82 Å². The molecule has 0 aliphatic carbocycles. The van der Waals surface area contributed by atoms with Crippen LogP contribution in [0.4, 0.5) is 5.82 Å². The Morgan fingerprint density at radius 1 is 1.29 bits per heavy atom. The van der Waals surface area contributed by atoms with Gasteiger partial charge in [0, 0.05) is 25.0 Å². The molecule has 4 nitrogen and oxygen atoms in total. The lowest BCUT2D eigenvalue weighted by atomic mass is 10.3. The molecule has 1 atom stereocenters. The van der Waals surface area contributed by atoms with Gasteiger partial charge in [-0.05, 0) is 35.9 Å². The summed E-state index contributed by atoms with van der Waals surface area (Å²) in [6.45, 7) is 9.59. The monoisotopic (exact) mass is 322 g/mol. The van der Waals surface area contributed by atoms with Gasteiger partial charge in [-0.15, -0.1) is 12.4 Å². The predicted molar refractivity (Wildman–Crippen MR) is 77.9 cm³/mol. The normalized spacial score (nSPS) is 12.1. The second kappa shape index (κ2) is 8.66. The molecule has 6 heteroatoms. The fourth-order valence-electron chi connectivity index (χ4n) is 1.66. The number of anilines is 1. The molecule has 1 N–H and O–H groups in total. The van der Waals surface area contributed by atoms with Crippen molar-refractivity contribution in [2.24, 2.45) is 0 Å². The van der Waals surface area contributed by atoms with Crippen molar-refractivity contribution in [1.29, 1.82) is 0 Å². The summed E-state index contributed by atoms with van der Waals surface area (Å²) in [6.07, 6.45) is 3.36. The summed E-state index contributed by atoms with van der Waals surface area (Å²) in [4.78, 5) is 10.7. The van der Waals surface area contributed by atoms with Crippen LogP contribution in [0.25, 0.3) is 0 Å². The lowest BCUT2D eigenvalue weighted by Crippen LogP contribution is -2.37. The molecule has 1 aromatic rings. The van der Waals surface area contributed by atoms with Crippen LogP contribution >= 0.6 is 28.3 Å². The summed E-state index contributed by atoms with van der Waals surface area (Å²) in [5.41, 5.74) is 0. The Hall–Kier alpha value is -0.390. The van der Waals surface area contributed by atoms with Crippen LogP contribution < -0.4 is 5.32 Å². The minimum atomic E-state index is 0. The molecule has 1 heterocycles. The van der Waals surface area contributed by atoms with Crippen LogP contribution in [0.3, 0.4) is 0 Å². The molecule has 0 aliphatic rings. The molecule has 1 rings (SSSR count). The number of nitrogens with one attached hydrogen (secondary N) is 1. The number of rotatable bonds is 6. The molecule has 98 valence electrons. The van der Waals surface area contributed by atoms with E-state index in [4.69, 9.17) is 0 Å². The molecule has 0 fully saturated rings. The van der Waals surface area contributed by atoms with Gasteiger partial charge < -0.3 is 5.32 Å². The zero-order chi connectivity index (χ0) is 12.0. The molecule has 0 aliphatic heterocycles. The number of aromatic nitrogens is 2. The van der Waals surface area contributed by atoms with Crippen molar-refractivity contribution >= 4 is 34.2 Å². The van der Waals surface area contributed by atoms with Crippen LogP contribution in [0.5, 0.6) is 0 Å². The summed E-state index contributed by atoms with van der Waals surface area (Å²) in [7, 11) is 0. The average Bonchev–Trinajstić information content (AvgIpc) is 2.29. The molecule has 17 heavy (non-hydrogen) atoms. The Morgan fingerprint density at radius 2 is 1.88 bits per heavy atom. The molecule has 1 unspecified atom stereocenters. The molecular formula is C11H20BrClN4. The first-order valence-electron chi connectivity index (χ1n) is 5.63. The van der Waals surface area contributed by atoms with Gasteiger partial charge in [-0.3, -0.25) is 4.90 Å². The minimum absolute atomic E-state index is 0. The topological polar surface area (TPSA) is 41.0 Å². The van der Waals surface area contributed by atoms with Crippen molar-refractivity contribution in [2.75, 3.05) is 25.0 Å². The highest BCUT2D eigenvalue weighted by molar-refractivity contribution is 9.10. The maximum Gasteiger partial charge on any atom is 0.159 e. The summed E-state index contributed by atoms with van der Waals surface area (Å²) < 4.78 is 0.766. The Balaban J connectivity index is 0.00000256. The van der Waals surface area contributed by atoms with Crippen molar-refractivity contribution in [1.82, 2.24) is 14.9 Å². The molecule has 0 radical (unpaired) electrons. The average molecular weight is 324 g/mol. The smallest absolute Gasteiger partial charge is 0.159 e. The number of hydrogen-bond donors (Lipinski definition) is 1. The van der Waals surface area contributed by atoms with Crippen molar-refractivity contribution in [3.8, 4) is 0 Å². The lowest BCUT2D eigenvalue weighted by molar-refractivity contribution is 0.240. The third-order valence-electron chi connectivity index (χ3n) is 2.65. The first kappa shape index (κ1) is 16.6. The Bertz CT molecular complexity index is 320. The first-order chi connectivity index (χ1) is 7.69. The van der Waals surface area contributed by atoms with Crippen LogP contribution in [0.15, 0.2) is 17.0 Å². The number of halogens is 2. The maximum absolute atomic E-state index is 4.22. The van der Waals surface area contributed by atoms with Crippen molar-refractivity contribution < 1.29 is 0 Å². The highest BCUT2D eigenvalue weighted by Crippen LogP contribution is 2.15. The molecule has 0 spiro atoms. The molecule has 1 aromatic heterocycles. The van der Waals surface area contributed by atoms with Gasteiger partial charge in [0.2, 0.25) is 0 Å². The summed E-state index contributed by atoms with van der Waals surface area (Å²) in [6, 6.07) is 0.490. The molecule has 0 saturated carbocycles. The maximum atomic E-state index is 4.22. The zero-order valence-electron chi connectivity index (χ0n) is 10.5. The Labute approximate surface area is 118 Å². The van der Waals surface area contributed by atoms with E-state index in [9.17, 15) is 0 Å². The number of hydrogen-bond acceptors (Lipinski definition) is 4. The van der Waals surface area contributed by atoms with Crippen molar-refractivity contribution in [3.63, 3.8) is 0 Å². The standard InChI is InChI=1S/C11H19BrN4.ClH/c1-4-16(5-2)9(3)8-15-11-10(12)13-6-7-14-11;/h6-7,9H,4-5,8H2,1-3H3,(H,14,15);1H. The van der Waals surface area contributed by atoms with Gasteiger partial charge in [-0.25, -0.2) is 9.97 Å². The second-order valence-electron chi connectivity index (χ2n) is 3.65. The van der Waals surface area contributed by atoms with E-state index in [1.54, 1.807) is 12.4 Å². The highest BCUT2D eigenvalue weighted by atomic mass is 79.9. The third kappa shape index (κ3) is 5.19. The van der Waals surface area contributed by atoms with Crippen LogP contribution in [-0.4, -0.2) is 40.5 Å². The van der Waals surface area contributed by atoms with Gasteiger partial charge in [-0.2, -0.15) is 0 Å². The summed E-state index contributed by atoms with van der Waals surface area (Å²) in [5.74, 6) is 0.807. The van der Waals surface area contributed by atoms with E-state index >= 15 is 0 Å². The van der Waals surface area contributed by atoms with Crippen LogP contribution in [0.1, 0.15) is 20.8 Å². The molecular weight excluding hydrogens is 304 g/mol. The molecule has 0 bridgehead atoms. The van der Waals surface area contributed by atoms with Gasteiger partial charge in [-0.1, -0.05) is 13.8 Å². The van der Waals surface area contributed by atoms with Crippen LogP contribution in [-0.2, 0) is 0 Å². The predicted octanol–water partition coefficient (Wildman–Crippen LogP) is 2.80. The SMILES string of the molecule is CCN(CC)C(C)CNc1nccnc1Br.Cl. The van der Waals surface area contributed by atoms with E-state index in [1.807, 2.05) is 0 Å². The van der Waals surface area contributed by atoms with E-state index in [0.29, 0.717) is 6.04 Å². The van der Waals surface area contributed by atoms with Gasteiger partial charge in [0.25, 0.3) is 0 Å². The van der Waals surface area contributed by atoms with Crippen LogP contribution in [0.2, 0.25) is 0 Å². The highest BCUT2D eigenvalue weighted by Gasteiger charge is 2.10. The van der Waals surface area contributed by atoms with E-state index < -0.39 is 0 Å². The quantitative estimate of drug-likeness (QED) is 0.874. The summed E-state index contributed by atoms with van der Waals surface area (Å²) in [5, 5.41) is 3.30. The molecule has 0 amide bonds. The molecule has 0 saturated heterocycles. The Morgan fingerprint density at radius 3 is 2.41 bits per heavy atom. The zero-order valence-corrected chi connectivity index (χ0v) is 12.9. The fraction of sp³-hybridized carbons (Fsp3) is 0.636. The minimum Gasteiger partial charge on any atom is -0.366 e. The number of nitrogens with zero attached hydrogens (tertiary/aromatic N) is 3. The van der Waals surface area contributed by atoms with Gasteiger partial charge in [0.05, 0.1) is 0 Å². The first-order valence-corrected chi connectivity index (χ1v) is 6.42. The van der Waals surface area contributed by atoms with Crippen LogP contribution in [0, 0.1) is 0 Å². The molecule has 0 aromatic carbocycles. The summed E-state index contributed by atoms with van der Waals surface area (Å²) >= 11 is 3.37. The Kier molecular flexibility index (Phi) is 8.47. The fourth-order valence-corrected chi connectivity index (χ4v) is 2.02.